The van der Waals surface area contributed by atoms with E-state index < -0.39 is 0 Å². The molecule has 4 rings (SSSR count). The van der Waals surface area contributed by atoms with Crippen LogP contribution in [0.4, 0.5) is 0 Å². The first-order chi connectivity index (χ1) is 11.6. The van der Waals surface area contributed by atoms with E-state index in [1.54, 1.807) is 0 Å². The molecule has 3 aliphatic rings. The number of carbonyl (C=O) groups is 2. The molecule has 1 aromatic rings. The zero-order valence-electron chi connectivity index (χ0n) is 13.7. The first kappa shape index (κ1) is 15.9. The second kappa shape index (κ2) is 6.40. The number of halogens is 1. The molecule has 1 N–H and O–H groups in total. The lowest BCUT2D eigenvalue weighted by molar-refractivity contribution is -0.133. The molecule has 0 radical (unpaired) electrons. The summed E-state index contributed by atoms with van der Waals surface area (Å²) in [6.07, 6.45) is 4.71. The third kappa shape index (κ3) is 3.30. The van der Waals surface area contributed by atoms with Crippen molar-refractivity contribution in [2.24, 2.45) is 11.8 Å². The molecule has 0 bridgehead atoms. The number of benzene rings is 1. The van der Waals surface area contributed by atoms with Crippen LogP contribution < -0.4 is 5.32 Å². The molecule has 2 atom stereocenters. The summed E-state index contributed by atoms with van der Waals surface area (Å²) < 4.78 is 0. The lowest BCUT2D eigenvalue weighted by atomic mass is 10.0. The average Bonchev–Trinajstić information content (AvgIpc) is 3.48. The number of rotatable bonds is 4. The minimum atomic E-state index is 0.0857. The Hall–Kier alpha value is -1.55. The number of hydrogen-bond acceptors (Lipinski definition) is 2. The van der Waals surface area contributed by atoms with Gasteiger partial charge in [0.1, 0.15) is 0 Å². The van der Waals surface area contributed by atoms with Gasteiger partial charge in [-0.3, -0.25) is 9.59 Å². The maximum Gasteiger partial charge on any atom is 0.226 e. The van der Waals surface area contributed by atoms with Crippen molar-refractivity contribution in [2.75, 3.05) is 13.1 Å². The molecule has 0 spiro atoms. The van der Waals surface area contributed by atoms with Crippen LogP contribution in [0.25, 0.3) is 0 Å². The van der Waals surface area contributed by atoms with Gasteiger partial charge in [0.2, 0.25) is 11.8 Å². The highest BCUT2D eigenvalue weighted by molar-refractivity contribution is 6.31. The van der Waals surface area contributed by atoms with E-state index in [0.29, 0.717) is 0 Å². The summed E-state index contributed by atoms with van der Waals surface area (Å²) >= 11 is 6.25. The molecule has 24 heavy (non-hydrogen) atoms. The molecule has 1 heterocycles. The van der Waals surface area contributed by atoms with Crippen molar-refractivity contribution >= 4 is 23.4 Å². The molecule has 4 nitrogen and oxygen atoms in total. The van der Waals surface area contributed by atoms with Gasteiger partial charge in [0.05, 0.1) is 0 Å². The molecule has 2 saturated carbocycles. The van der Waals surface area contributed by atoms with E-state index in [9.17, 15) is 9.59 Å². The van der Waals surface area contributed by atoms with Crippen LogP contribution in [0.3, 0.4) is 0 Å². The van der Waals surface area contributed by atoms with Crippen LogP contribution in [0, 0.1) is 11.8 Å². The Balaban J connectivity index is 1.28. The van der Waals surface area contributed by atoms with Crippen molar-refractivity contribution in [3.05, 3.63) is 34.9 Å². The van der Waals surface area contributed by atoms with Gasteiger partial charge >= 0.3 is 0 Å². The number of likely N-dealkylation sites (tertiary alicyclic amines) is 1. The van der Waals surface area contributed by atoms with Gasteiger partial charge in [-0.2, -0.15) is 0 Å². The molecule has 0 aromatic heterocycles. The van der Waals surface area contributed by atoms with Crippen LogP contribution in [0.2, 0.25) is 5.02 Å². The Morgan fingerprint density at radius 3 is 2.46 bits per heavy atom. The predicted octanol–water partition coefficient (Wildman–Crippen LogP) is 2.96. The van der Waals surface area contributed by atoms with Crippen LogP contribution in [0.15, 0.2) is 24.3 Å². The highest BCUT2D eigenvalue weighted by Crippen LogP contribution is 2.50. The minimum absolute atomic E-state index is 0.0857. The topological polar surface area (TPSA) is 49.4 Å². The van der Waals surface area contributed by atoms with Crippen LogP contribution in [0.5, 0.6) is 0 Å². The Morgan fingerprint density at radius 2 is 1.79 bits per heavy atom. The van der Waals surface area contributed by atoms with E-state index in [1.165, 1.54) is 0 Å². The molecule has 5 heteroatoms. The van der Waals surface area contributed by atoms with Gasteiger partial charge in [-0.15, -0.1) is 0 Å². The van der Waals surface area contributed by atoms with Crippen molar-refractivity contribution in [3.8, 4) is 0 Å². The fourth-order valence-electron chi connectivity index (χ4n) is 3.73. The second-order valence-electron chi connectivity index (χ2n) is 7.35. The largest absolute Gasteiger partial charge is 0.353 e. The highest BCUT2D eigenvalue weighted by atomic mass is 35.5. The second-order valence-corrected chi connectivity index (χ2v) is 7.76. The number of nitrogens with zero attached hydrogens (tertiary/aromatic N) is 1. The zero-order chi connectivity index (χ0) is 16.7. The molecule has 0 unspecified atom stereocenters. The van der Waals surface area contributed by atoms with Crippen molar-refractivity contribution in [2.45, 2.75) is 44.1 Å². The van der Waals surface area contributed by atoms with Gasteiger partial charge < -0.3 is 10.2 Å². The van der Waals surface area contributed by atoms with E-state index in [4.69, 9.17) is 11.6 Å². The molecule has 1 aromatic carbocycles. The number of carbonyl (C=O) groups excluding carboxylic acids is 2. The SMILES string of the molecule is O=C(NC1CCN(C(=O)[C@@H]2C[C@H]2c2ccccc2Cl)CC1)C1CC1. The number of amides is 2. The Kier molecular flexibility index (Phi) is 4.25. The van der Waals surface area contributed by atoms with Crippen molar-refractivity contribution in [1.29, 1.82) is 0 Å². The molecule has 128 valence electrons. The van der Waals surface area contributed by atoms with Crippen molar-refractivity contribution < 1.29 is 9.59 Å². The summed E-state index contributed by atoms with van der Waals surface area (Å²) in [5, 5.41) is 3.90. The summed E-state index contributed by atoms with van der Waals surface area (Å²) in [6, 6.07) is 8.06. The van der Waals surface area contributed by atoms with Crippen LogP contribution in [-0.4, -0.2) is 35.8 Å². The smallest absolute Gasteiger partial charge is 0.226 e. The van der Waals surface area contributed by atoms with Gasteiger partial charge in [-0.25, -0.2) is 0 Å². The Labute approximate surface area is 147 Å². The van der Waals surface area contributed by atoms with E-state index >= 15 is 0 Å². The van der Waals surface area contributed by atoms with Gasteiger partial charge in [0, 0.05) is 36.0 Å². The fraction of sp³-hybridized carbons (Fsp3) is 0.579. The Morgan fingerprint density at radius 1 is 1.08 bits per heavy atom. The lowest BCUT2D eigenvalue weighted by Gasteiger charge is -2.32. The van der Waals surface area contributed by atoms with Crippen molar-refractivity contribution in [1.82, 2.24) is 10.2 Å². The molecule has 2 amide bonds. The molecular weight excluding hydrogens is 324 g/mol. The van der Waals surface area contributed by atoms with Gasteiger partial charge in [0.15, 0.2) is 0 Å². The monoisotopic (exact) mass is 346 g/mol. The minimum Gasteiger partial charge on any atom is -0.353 e. The number of nitrogens with one attached hydrogen (secondary N) is 1. The molecule has 1 aliphatic heterocycles. The maximum absolute atomic E-state index is 12.7. The average molecular weight is 347 g/mol. The maximum atomic E-state index is 12.7. The standard InChI is InChI=1S/C19H23ClN2O2/c20-17-4-2-1-3-14(17)15-11-16(15)19(24)22-9-7-13(8-10-22)21-18(23)12-5-6-12/h1-4,12-13,15-16H,5-11H2,(H,21,23)/t15-,16+/m0/s1. The highest BCUT2D eigenvalue weighted by Gasteiger charge is 2.47. The van der Waals surface area contributed by atoms with Crippen LogP contribution >= 0.6 is 11.6 Å². The predicted molar refractivity (Wildman–Crippen MR) is 92.8 cm³/mol. The normalized spacial score (nSPS) is 27.0. The van der Waals surface area contributed by atoms with Gasteiger partial charge in [-0.05, 0) is 49.7 Å². The third-order valence-electron chi connectivity index (χ3n) is 5.51. The molecule has 2 aliphatic carbocycles. The summed E-state index contributed by atoms with van der Waals surface area (Å²) in [5.41, 5.74) is 1.10. The van der Waals surface area contributed by atoms with E-state index in [-0.39, 0.29) is 35.6 Å². The number of piperidine rings is 1. The van der Waals surface area contributed by atoms with E-state index in [0.717, 1.165) is 55.8 Å². The molecule has 3 fully saturated rings. The van der Waals surface area contributed by atoms with Gasteiger partial charge in [0.25, 0.3) is 0 Å². The molecule has 1 saturated heterocycles. The fourth-order valence-corrected chi connectivity index (χ4v) is 4.01. The van der Waals surface area contributed by atoms with E-state index in [1.807, 2.05) is 29.2 Å². The van der Waals surface area contributed by atoms with E-state index in [2.05, 4.69) is 5.32 Å². The third-order valence-corrected chi connectivity index (χ3v) is 5.86. The Bertz CT molecular complexity index is 651. The quantitative estimate of drug-likeness (QED) is 0.911. The number of hydrogen-bond donors (Lipinski definition) is 1. The summed E-state index contributed by atoms with van der Waals surface area (Å²) in [6.45, 7) is 1.50. The van der Waals surface area contributed by atoms with Crippen LogP contribution in [0.1, 0.15) is 43.6 Å². The lowest BCUT2D eigenvalue weighted by Crippen LogP contribution is -2.47. The van der Waals surface area contributed by atoms with Crippen LogP contribution in [-0.2, 0) is 9.59 Å². The summed E-state index contributed by atoms with van der Waals surface area (Å²) in [7, 11) is 0. The summed E-state index contributed by atoms with van der Waals surface area (Å²) in [5.74, 6) is 1.08. The first-order valence-corrected chi connectivity index (χ1v) is 9.35. The molecular formula is C19H23ClN2O2. The first-order valence-electron chi connectivity index (χ1n) is 8.97. The zero-order valence-corrected chi connectivity index (χ0v) is 14.5. The van der Waals surface area contributed by atoms with Crippen molar-refractivity contribution in [3.63, 3.8) is 0 Å². The summed E-state index contributed by atoms with van der Waals surface area (Å²) in [4.78, 5) is 26.5. The van der Waals surface area contributed by atoms with Gasteiger partial charge in [-0.1, -0.05) is 29.8 Å².